The van der Waals surface area contributed by atoms with Crippen LogP contribution in [-0.2, 0) is 0 Å². The van der Waals surface area contributed by atoms with Gasteiger partial charge in [0.05, 0.1) is 12.7 Å². The van der Waals surface area contributed by atoms with Crippen LogP contribution in [0.15, 0.2) is 0 Å². The Bertz CT molecular complexity index is 934. The third kappa shape index (κ3) is 4.64. The van der Waals surface area contributed by atoms with Crippen LogP contribution < -0.4 is 0 Å². The van der Waals surface area contributed by atoms with Crippen molar-refractivity contribution in [2.45, 2.75) is 157 Å². The summed E-state index contributed by atoms with van der Waals surface area (Å²) < 4.78 is 0. The van der Waals surface area contributed by atoms with E-state index in [4.69, 9.17) is 5.11 Å². The average molecular weight is 575 g/mol. The van der Waals surface area contributed by atoms with Crippen LogP contribution in [0.1, 0.15) is 139 Å². The summed E-state index contributed by atoms with van der Waals surface area (Å²) in [6.07, 6.45) is 13.1. The second kappa shape index (κ2) is 11.0. The first-order valence-electron chi connectivity index (χ1n) is 17.8. The van der Waals surface area contributed by atoms with Crippen molar-refractivity contribution in [3.05, 3.63) is 0 Å². The zero-order chi connectivity index (χ0) is 30.2. The molecule has 5 unspecified atom stereocenters. The topological polar surface area (TPSA) is 80.9 Å². The summed E-state index contributed by atoms with van der Waals surface area (Å²) in [5.41, 5.74) is 2.19. The van der Waals surface area contributed by atoms with E-state index in [9.17, 15) is 15.3 Å². The molecule has 5 saturated carbocycles. The average Bonchev–Trinajstić information content (AvgIpc) is 3.27. The molecule has 238 valence electrons. The monoisotopic (exact) mass is 574 g/mol. The van der Waals surface area contributed by atoms with E-state index < -0.39 is 24.9 Å². The van der Waals surface area contributed by atoms with Crippen LogP contribution >= 0.6 is 0 Å². The van der Waals surface area contributed by atoms with Gasteiger partial charge in [0.1, 0.15) is 12.2 Å². The molecule has 5 aliphatic rings. The van der Waals surface area contributed by atoms with Crippen molar-refractivity contribution in [1.82, 2.24) is 0 Å². The van der Waals surface area contributed by atoms with Crippen LogP contribution in [0.4, 0.5) is 0 Å². The first kappa shape index (κ1) is 32.2. The predicted octanol–water partition coefficient (Wildman–Crippen LogP) is 7.61. The van der Waals surface area contributed by atoms with Crippen molar-refractivity contribution >= 4 is 0 Å². The highest BCUT2D eigenvalue weighted by atomic mass is 16.4. The fourth-order valence-corrected chi connectivity index (χ4v) is 13.9. The zero-order valence-electron chi connectivity index (χ0n) is 28.0. The van der Waals surface area contributed by atoms with Gasteiger partial charge >= 0.3 is 0 Å². The first-order valence-corrected chi connectivity index (χ1v) is 17.8. The van der Waals surface area contributed by atoms with Gasteiger partial charge in [-0.2, -0.15) is 0 Å². The lowest BCUT2D eigenvalue weighted by atomic mass is 9.31. The van der Waals surface area contributed by atoms with E-state index in [1.165, 1.54) is 70.6 Å². The van der Waals surface area contributed by atoms with Crippen molar-refractivity contribution in [3.8, 4) is 0 Å². The molecule has 0 saturated heterocycles. The molecule has 0 radical (unpaired) electrons. The Kier molecular flexibility index (Phi) is 8.67. The van der Waals surface area contributed by atoms with E-state index in [1.807, 2.05) is 0 Å². The van der Waals surface area contributed by atoms with Gasteiger partial charge in [-0.25, -0.2) is 0 Å². The summed E-state index contributed by atoms with van der Waals surface area (Å²) >= 11 is 0. The van der Waals surface area contributed by atoms with E-state index in [-0.39, 0.29) is 0 Å². The summed E-state index contributed by atoms with van der Waals surface area (Å²) in [7, 11) is 0. The third-order valence-electron chi connectivity index (χ3n) is 16.4. The van der Waals surface area contributed by atoms with E-state index in [1.54, 1.807) is 0 Å². The molecule has 0 amide bonds. The summed E-state index contributed by atoms with van der Waals surface area (Å²) in [5.74, 6) is 5.34. The first-order chi connectivity index (χ1) is 19.1. The lowest BCUT2D eigenvalue weighted by Crippen LogP contribution is -2.66. The van der Waals surface area contributed by atoms with Gasteiger partial charge in [-0.05, 0) is 146 Å². The maximum absolute atomic E-state index is 10.5. The highest BCUT2D eigenvalue weighted by Crippen LogP contribution is 2.78. The van der Waals surface area contributed by atoms with Gasteiger partial charge in [0.15, 0.2) is 0 Å². The van der Waals surface area contributed by atoms with Gasteiger partial charge in [-0.1, -0.05) is 61.8 Å². The second-order valence-electron chi connectivity index (χ2n) is 17.8. The van der Waals surface area contributed by atoms with Crippen molar-refractivity contribution in [2.24, 2.45) is 68.5 Å². The fourth-order valence-electron chi connectivity index (χ4n) is 13.9. The number of aliphatic hydroxyl groups is 4. The Morgan fingerprint density at radius 1 is 0.659 bits per heavy atom. The van der Waals surface area contributed by atoms with Crippen molar-refractivity contribution in [1.29, 1.82) is 0 Å². The summed E-state index contributed by atoms with van der Waals surface area (Å²) in [6.45, 7) is 20.4. The van der Waals surface area contributed by atoms with Gasteiger partial charge in [-0.3, -0.25) is 0 Å². The lowest BCUT2D eigenvalue weighted by Gasteiger charge is -2.73. The van der Waals surface area contributed by atoms with E-state index >= 15 is 0 Å². The van der Waals surface area contributed by atoms with Gasteiger partial charge in [0.2, 0.25) is 0 Å². The molecule has 4 heteroatoms. The summed E-state index contributed by atoms with van der Waals surface area (Å²) in [6, 6.07) is 0. The van der Waals surface area contributed by atoms with Gasteiger partial charge in [-0.15, -0.1) is 0 Å². The molecule has 0 aromatic rings. The fraction of sp³-hybridized carbons (Fsp3) is 1.00. The van der Waals surface area contributed by atoms with E-state index in [0.29, 0.717) is 45.3 Å². The molecule has 0 bridgehead atoms. The van der Waals surface area contributed by atoms with Crippen LogP contribution in [0.2, 0.25) is 0 Å². The third-order valence-corrected chi connectivity index (χ3v) is 16.4. The highest BCUT2D eigenvalue weighted by molar-refractivity contribution is 5.19. The Morgan fingerprint density at radius 3 is 1.85 bits per heavy atom. The molecule has 0 heterocycles. The summed E-state index contributed by atoms with van der Waals surface area (Å²) in [5, 5.41) is 39.5. The number of hydrogen-bond donors (Lipinski definition) is 4. The minimum absolute atomic E-state index is 0.405. The molecule has 0 aromatic heterocycles. The van der Waals surface area contributed by atoms with E-state index in [0.717, 1.165) is 36.0 Å². The lowest BCUT2D eigenvalue weighted by molar-refractivity contribution is -0.247. The maximum Gasteiger partial charge on any atom is 0.108 e. The SMILES string of the molecule is CCC1CC[C@]2(C)[C@H]3CC[C@@H]4[C@@]5(C)CC[C@H](C(C)CCC(O)C(O)C(O)CO)[C@@H]5CC[C@@]4(C)[C@]3(C)CC[C@H]2C1(C)C. The van der Waals surface area contributed by atoms with Crippen molar-refractivity contribution in [3.63, 3.8) is 0 Å². The van der Waals surface area contributed by atoms with Crippen LogP contribution in [-0.4, -0.2) is 45.3 Å². The van der Waals surface area contributed by atoms with E-state index in [2.05, 4.69) is 55.4 Å². The molecule has 5 aliphatic carbocycles. The van der Waals surface area contributed by atoms with Gasteiger partial charge in [0.25, 0.3) is 0 Å². The van der Waals surface area contributed by atoms with Crippen LogP contribution in [0.3, 0.4) is 0 Å². The normalized spacial score (nSPS) is 50.0. The Labute approximate surface area is 252 Å². The Hall–Kier alpha value is -0.160. The molecule has 4 nitrogen and oxygen atoms in total. The molecular weight excluding hydrogens is 508 g/mol. The molecular formula is C37H66O4. The number of rotatable bonds is 8. The van der Waals surface area contributed by atoms with Crippen LogP contribution in [0.25, 0.3) is 0 Å². The van der Waals surface area contributed by atoms with Crippen molar-refractivity contribution in [2.75, 3.05) is 6.61 Å². The highest BCUT2D eigenvalue weighted by Gasteiger charge is 2.70. The molecule has 5 fully saturated rings. The maximum atomic E-state index is 10.5. The quantitative estimate of drug-likeness (QED) is 0.241. The molecule has 0 spiro atoms. The predicted molar refractivity (Wildman–Crippen MR) is 167 cm³/mol. The number of aliphatic hydroxyl groups excluding tert-OH is 4. The Morgan fingerprint density at radius 2 is 1.24 bits per heavy atom. The molecule has 0 aliphatic heterocycles. The summed E-state index contributed by atoms with van der Waals surface area (Å²) in [4.78, 5) is 0. The number of hydrogen-bond acceptors (Lipinski definition) is 4. The number of fused-ring (bicyclic) bond motifs is 7. The molecule has 5 rings (SSSR count). The van der Waals surface area contributed by atoms with Crippen molar-refractivity contribution < 1.29 is 20.4 Å². The van der Waals surface area contributed by atoms with Crippen LogP contribution in [0.5, 0.6) is 0 Å². The minimum atomic E-state index is -1.27. The zero-order valence-corrected chi connectivity index (χ0v) is 28.0. The Balaban J connectivity index is 1.33. The molecule has 41 heavy (non-hydrogen) atoms. The van der Waals surface area contributed by atoms with Crippen LogP contribution in [0, 0.1) is 68.5 Å². The minimum Gasteiger partial charge on any atom is -0.394 e. The van der Waals surface area contributed by atoms with Gasteiger partial charge in [0, 0.05) is 0 Å². The molecule has 0 aromatic carbocycles. The van der Waals surface area contributed by atoms with Gasteiger partial charge < -0.3 is 20.4 Å². The standard InChI is InChI=1S/C37H66O4/c1-9-24-14-18-35(6)29(33(24,3)4)17-21-37(8)31(35)13-12-30-34(5)19-15-25(26(34)16-20-36(30,37)7)23(2)10-11-27(39)32(41)28(40)22-38/h23-32,38-41H,9-22H2,1-8H3/t23?,24?,25-,26+,27?,28?,29+,30-,31-,32?,34+,35+,36-,37-/m1/s1. The smallest absolute Gasteiger partial charge is 0.108 e. The molecule has 14 atom stereocenters. The largest absolute Gasteiger partial charge is 0.394 e. The second-order valence-corrected chi connectivity index (χ2v) is 17.8. The molecule has 4 N–H and O–H groups in total.